The Labute approximate surface area is 195 Å². The van der Waals surface area contributed by atoms with Crippen LogP contribution in [0.3, 0.4) is 0 Å². The van der Waals surface area contributed by atoms with Gasteiger partial charge in [-0.25, -0.2) is 18.1 Å². The average Bonchev–Trinajstić information content (AvgIpc) is 3.58. The molecule has 33 heavy (non-hydrogen) atoms. The first kappa shape index (κ1) is 20.6. The summed E-state index contributed by atoms with van der Waals surface area (Å²) in [6, 6.07) is 13.5. The van der Waals surface area contributed by atoms with Crippen LogP contribution in [0.1, 0.15) is 34.1 Å². The van der Waals surface area contributed by atoms with Gasteiger partial charge >= 0.3 is 0 Å². The van der Waals surface area contributed by atoms with E-state index in [1.807, 2.05) is 53.6 Å². The lowest BCUT2D eigenvalue weighted by atomic mass is 10.1. The van der Waals surface area contributed by atoms with Gasteiger partial charge in [0.15, 0.2) is 15.5 Å². The van der Waals surface area contributed by atoms with E-state index in [0.717, 1.165) is 17.0 Å². The van der Waals surface area contributed by atoms with Crippen molar-refractivity contribution < 1.29 is 13.2 Å². The summed E-state index contributed by atoms with van der Waals surface area (Å²) >= 11 is 1.56. The molecular weight excluding hydrogens is 456 g/mol. The van der Waals surface area contributed by atoms with Gasteiger partial charge in [0.25, 0.3) is 5.91 Å². The normalized spacial score (nSPS) is 19.3. The van der Waals surface area contributed by atoms with Gasteiger partial charge in [-0.05, 0) is 48.9 Å². The number of nitrogens with zero attached hydrogens (tertiary/aromatic N) is 4. The lowest BCUT2D eigenvalue weighted by molar-refractivity contribution is 0.0991. The van der Waals surface area contributed by atoms with Crippen LogP contribution in [0.25, 0.3) is 21.6 Å². The SMILES string of the molecule is Cc1nn([C@H]2CCS(=O)(=O)C2)c2nc(-c3cccs3)cc(C(=O)N3CCc4ccccc43)c12. The van der Waals surface area contributed by atoms with Crippen LogP contribution in [-0.2, 0) is 16.3 Å². The zero-order valence-electron chi connectivity index (χ0n) is 18.1. The van der Waals surface area contributed by atoms with Gasteiger partial charge in [0.2, 0.25) is 0 Å². The number of benzene rings is 1. The van der Waals surface area contributed by atoms with Crippen LogP contribution in [0.15, 0.2) is 47.8 Å². The zero-order valence-corrected chi connectivity index (χ0v) is 19.7. The van der Waals surface area contributed by atoms with Crippen molar-refractivity contribution in [2.24, 2.45) is 0 Å². The van der Waals surface area contributed by atoms with E-state index in [9.17, 15) is 13.2 Å². The van der Waals surface area contributed by atoms with Crippen molar-refractivity contribution in [2.45, 2.75) is 25.8 Å². The van der Waals surface area contributed by atoms with Crippen LogP contribution in [0.4, 0.5) is 5.69 Å². The molecule has 168 valence electrons. The molecule has 0 unspecified atom stereocenters. The lowest BCUT2D eigenvalue weighted by Crippen LogP contribution is -2.29. The smallest absolute Gasteiger partial charge is 0.259 e. The lowest BCUT2D eigenvalue weighted by Gasteiger charge is -2.19. The summed E-state index contributed by atoms with van der Waals surface area (Å²) in [7, 11) is -3.09. The number of thiophene rings is 1. The minimum absolute atomic E-state index is 0.0525. The Balaban J connectivity index is 1.55. The molecule has 7 nitrogen and oxygen atoms in total. The van der Waals surface area contributed by atoms with E-state index in [-0.39, 0.29) is 23.5 Å². The third-order valence-corrected chi connectivity index (χ3v) is 9.17. The molecule has 6 rings (SSSR count). The zero-order chi connectivity index (χ0) is 22.7. The first-order valence-electron chi connectivity index (χ1n) is 11.0. The predicted octanol–water partition coefficient (Wildman–Crippen LogP) is 4.03. The van der Waals surface area contributed by atoms with Crippen LogP contribution in [0.5, 0.6) is 0 Å². The summed E-state index contributed by atoms with van der Waals surface area (Å²) in [6.07, 6.45) is 1.33. The van der Waals surface area contributed by atoms with E-state index in [2.05, 4.69) is 6.07 Å². The fourth-order valence-electron chi connectivity index (χ4n) is 4.95. The first-order valence-corrected chi connectivity index (χ1v) is 13.7. The second-order valence-electron chi connectivity index (χ2n) is 8.65. The molecule has 0 saturated carbocycles. The van der Waals surface area contributed by atoms with E-state index >= 15 is 0 Å². The van der Waals surface area contributed by atoms with Crippen molar-refractivity contribution in [1.82, 2.24) is 14.8 Å². The Morgan fingerprint density at radius 2 is 2.03 bits per heavy atom. The number of pyridine rings is 1. The fourth-order valence-corrected chi connectivity index (χ4v) is 7.33. The van der Waals surface area contributed by atoms with Crippen molar-refractivity contribution in [1.29, 1.82) is 0 Å². The molecule has 2 aliphatic rings. The Bertz CT molecular complexity index is 1510. The van der Waals surface area contributed by atoms with Crippen molar-refractivity contribution in [3.05, 3.63) is 64.7 Å². The highest BCUT2D eigenvalue weighted by Gasteiger charge is 2.34. The molecule has 1 amide bonds. The van der Waals surface area contributed by atoms with Gasteiger partial charge in [-0.15, -0.1) is 11.3 Å². The molecule has 3 aromatic heterocycles. The molecular formula is C24H22N4O3S2. The predicted molar refractivity (Wildman–Crippen MR) is 130 cm³/mol. The van der Waals surface area contributed by atoms with Crippen molar-refractivity contribution >= 4 is 43.8 Å². The number of amides is 1. The molecule has 2 aliphatic heterocycles. The summed E-state index contributed by atoms with van der Waals surface area (Å²) in [4.78, 5) is 21.6. The molecule has 0 aliphatic carbocycles. The summed E-state index contributed by atoms with van der Waals surface area (Å²) in [5, 5.41) is 7.38. The van der Waals surface area contributed by atoms with Crippen LogP contribution in [0, 0.1) is 6.92 Å². The molecule has 1 fully saturated rings. The molecule has 0 bridgehead atoms. The minimum atomic E-state index is -3.09. The standard InChI is InChI=1S/C24H22N4O3S2/c1-15-22-18(24(29)27-10-8-16-5-2-3-6-20(16)27)13-19(21-7-4-11-32-21)25-23(22)28(26-15)17-9-12-33(30,31)14-17/h2-7,11,13,17H,8-10,12,14H2,1H3/t17-/m0/s1. The Kier molecular flexibility index (Phi) is 4.67. The highest BCUT2D eigenvalue weighted by Crippen LogP contribution is 2.35. The van der Waals surface area contributed by atoms with Crippen LogP contribution in [0.2, 0.25) is 0 Å². The number of carbonyl (C=O) groups is 1. The van der Waals surface area contributed by atoms with Crippen molar-refractivity contribution in [3.8, 4) is 10.6 Å². The van der Waals surface area contributed by atoms with Gasteiger partial charge in [0, 0.05) is 12.2 Å². The number of fused-ring (bicyclic) bond motifs is 2. The van der Waals surface area contributed by atoms with E-state index in [1.54, 1.807) is 16.0 Å². The summed E-state index contributed by atoms with van der Waals surface area (Å²) in [5.41, 5.74) is 4.64. The third-order valence-electron chi connectivity index (χ3n) is 6.53. The number of para-hydroxylation sites is 1. The molecule has 1 saturated heterocycles. The molecule has 9 heteroatoms. The summed E-state index contributed by atoms with van der Waals surface area (Å²) in [6.45, 7) is 2.49. The van der Waals surface area contributed by atoms with Gasteiger partial charge in [-0.2, -0.15) is 5.10 Å². The summed E-state index contributed by atoms with van der Waals surface area (Å²) in [5.74, 6) is 0.127. The first-order chi connectivity index (χ1) is 15.9. The van der Waals surface area contributed by atoms with E-state index in [0.29, 0.717) is 41.0 Å². The number of sulfone groups is 1. The number of rotatable bonds is 3. The van der Waals surface area contributed by atoms with Gasteiger partial charge in [0.05, 0.1) is 44.8 Å². The number of hydrogen-bond donors (Lipinski definition) is 0. The van der Waals surface area contributed by atoms with Crippen LogP contribution in [-0.4, -0.2) is 47.1 Å². The van der Waals surface area contributed by atoms with Gasteiger partial charge in [0.1, 0.15) is 0 Å². The summed E-state index contributed by atoms with van der Waals surface area (Å²) < 4.78 is 26.0. The molecule has 5 heterocycles. The molecule has 4 aromatic rings. The number of aromatic nitrogens is 3. The largest absolute Gasteiger partial charge is 0.308 e. The molecule has 0 N–H and O–H groups in total. The molecule has 1 aromatic carbocycles. The van der Waals surface area contributed by atoms with Crippen LogP contribution >= 0.6 is 11.3 Å². The highest BCUT2D eigenvalue weighted by atomic mass is 32.2. The topological polar surface area (TPSA) is 85.2 Å². The van der Waals surface area contributed by atoms with Gasteiger partial charge in [-0.3, -0.25) is 4.79 Å². The number of aryl methyl sites for hydroxylation is 1. The maximum atomic E-state index is 13.9. The fraction of sp³-hybridized carbons (Fsp3) is 0.292. The second kappa shape index (κ2) is 7.50. The van der Waals surface area contributed by atoms with E-state index in [4.69, 9.17) is 10.1 Å². The van der Waals surface area contributed by atoms with E-state index < -0.39 is 9.84 Å². The Morgan fingerprint density at radius 3 is 2.79 bits per heavy atom. The maximum absolute atomic E-state index is 13.9. The molecule has 1 atom stereocenters. The van der Waals surface area contributed by atoms with Crippen molar-refractivity contribution in [2.75, 3.05) is 23.0 Å². The quantitative estimate of drug-likeness (QED) is 0.444. The van der Waals surface area contributed by atoms with E-state index in [1.165, 1.54) is 5.56 Å². The average molecular weight is 479 g/mol. The second-order valence-corrected chi connectivity index (χ2v) is 11.8. The monoisotopic (exact) mass is 478 g/mol. The van der Waals surface area contributed by atoms with Gasteiger partial charge in [-0.1, -0.05) is 24.3 Å². The maximum Gasteiger partial charge on any atom is 0.259 e. The third kappa shape index (κ3) is 3.38. The number of hydrogen-bond acceptors (Lipinski definition) is 6. The van der Waals surface area contributed by atoms with Crippen molar-refractivity contribution in [3.63, 3.8) is 0 Å². The molecule has 0 spiro atoms. The van der Waals surface area contributed by atoms with Crippen LogP contribution < -0.4 is 4.90 Å². The minimum Gasteiger partial charge on any atom is -0.308 e. The highest BCUT2D eigenvalue weighted by molar-refractivity contribution is 7.91. The Morgan fingerprint density at radius 1 is 1.18 bits per heavy atom. The Hall–Kier alpha value is -3.04. The number of carbonyl (C=O) groups excluding carboxylic acids is 1. The van der Waals surface area contributed by atoms with Gasteiger partial charge < -0.3 is 4.90 Å². The molecule has 0 radical (unpaired) electrons. The number of anilines is 1.